The number of nitrogens with one attached hydrogen (secondary N) is 1. The largest absolute Gasteiger partial charge is 0.327 e. The minimum absolute atomic E-state index is 0.214. The van der Waals surface area contributed by atoms with E-state index in [1.54, 1.807) is 11.3 Å². The van der Waals surface area contributed by atoms with Crippen molar-refractivity contribution < 1.29 is 0 Å². The van der Waals surface area contributed by atoms with Crippen LogP contribution in [-0.2, 0) is 6.54 Å². The Balaban J connectivity index is 2.24. The van der Waals surface area contributed by atoms with Gasteiger partial charge in [0.25, 0.3) is 0 Å². The number of hydrogen-bond donors (Lipinski definition) is 2. The lowest BCUT2D eigenvalue weighted by Gasteiger charge is -2.04. The summed E-state index contributed by atoms with van der Waals surface area (Å²) in [4.78, 5) is 4.32. The smallest absolute Gasteiger partial charge is 0.107 e. The van der Waals surface area contributed by atoms with Crippen LogP contribution in [-0.4, -0.2) is 17.6 Å². The van der Waals surface area contributed by atoms with E-state index < -0.39 is 0 Å². The van der Waals surface area contributed by atoms with Crippen LogP contribution in [0.5, 0.6) is 0 Å². The second-order valence-electron chi connectivity index (χ2n) is 2.99. The van der Waals surface area contributed by atoms with Gasteiger partial charge in [-0.25, -0.2) is 4.98 Å². The Kier molecular flexibility index (Phi) is 3.65. The summed E-state index contributed by atoms with van der Waals surface area (Å²) in [5.41, 5.74) is 6.68. The van der Waals surface area contributed by atoms with E-state index >= 15 is 0 Å². The lowest BCUT2D eigenvalue weighted by atomic mass is 10.4. The summed E-state index contributed by atoms with van der Waals surface area (Å²) in [6.45, 7) is 5.67. The van der Waals surface area contributed by atoms with Gasteiger partial charge in [0.15, 0.2) is 0 Å². The van der Waals surface area contributed by atoms with Crippen molar-refractivity contribution in [2.45, 2.75) is 26.4 Å². The van der Waals surface area contributed by atoms with E-state index in [4.69, 9.17) is 5.73 Å². The molecule has 0 amide bonds. The predicted molar refractivity (Wildman–Crippen MR) is 52.2 cm³/mol. The lowest BCUT2D eigenvalue weighted by Crippen LogP contribution is -2.30. The third-order valence-electron chi connectivity index (χ3n) is 1.41. The van der Waals surface area contributed by atoms with Gasteiger partial charge in [0.05, 0.1) is 0 Å². The maximum atomic E-state index is 5.58. The molecule has 0 aliphatic carbocycles. The first kappa shape index (κ1) is 9.64. The van der Waals surface area contributed by atoms with E-state index in [-0.39, 0.29) is 6.04 Å². The number of nitrogens with zero attached hydrogens (tertiary/aromatic N) is 1. The van der Waals surface area contributed by atoms with Crippen molar-refractivity contribution >= 4 is 11.3 Å². The topological polar surface area (TPSA) is 50.9 Å². The summed E-state index contributed by atoms with van der Waals surface area (Å²) in [5.74, 6) is 0. The second-order valence-corrected chi connectivity index (χ2v) is 3.93. The summed E-state index contributed by atoms with van der Waals surface area (Å²) < 4.78 is 0. The Bertz CT molecular complexity index is 232. The van der Waals surface area contributed by atoms with Crippen molar-refractivity contribution in [3.05, 3.63) is 16.1 Å². The molecular formula is C8H15N3S. The zero-order chi connectivity index (χ0) is 8.97. The Morgan fingerprint density at radius 1 is 1.75 bits per heavy atom. The van der Waals surface area contributed by atoms with Gasteiger partial charge in [0.2, 0.25) is 0 Å². The molecule has 0 aliphatic rings. The molecule has 1 aromatic rings. The van der Waals surface area contributed by atoms with Gasteiger partial charge in [-0.15, -0.1) is 11.3 Å². The maximum absolute atomic E-state index is 5.58. The van der Waals surface area contributed by atoms with Gasteiger partial charge in [0.1, 0.15) is 5.01 Å². The second kappa shape index (κ2) is 4.54. The Morgan fingerprint density at radius 3 is 3.00 bits per heavy atom. The van der Waals surface area contributed by atoms with Crippen molar-refractivity contribution in [2.75, 3.05) is 6.54 Å². The van der Waals surface area contributed by atoms with E-state index in [1.165, 1.54) is 0 Å². The van der Waals surface area contributed by atoms with Crippen molar-refractivity contribution in [3.8, 4) is 0 Å². The first-order valence-electron chi connectivity index (χ1n) is 4.06. The molecule has 0 saturated heterocycles. The fourth-order valence-corrected chi connectivity index (χ4v) is 1.63. The lowest BCUT2D eigenvalue weighted by molar-refractivity contribution is 0.607. The molecule has 3 N–H and O–H groups in total. The summed E-state index contributed by atoms with van der Waals surface area (Å²) in [6.07, 6.45) is 0. The quantitative estimate of drug-likeness (QED) is 0.732. The maximum Gasteiger partial charge on any atom is 0.107 e. The van der Waals surface area contributed by atoms with E-state index in [1.807, 2.05) is 13.8 Å². The average Bonchev–Trinajstić information content (AvgIpc) is 2.35. The molecule has 1 heterocycles. The number of rotatable bonds is 4. The van der Waals surface area contributed by atoms with E-state index in [9.17, 15) is 0 Å². The van der Waals surface area contributed by atoms with Crippen LogP contribution in [0, 0.1) is 6.92 Å². The normalized spacial score (nSPS) is 13.2. The first-order chi connectivity index (χ1) is 5.68. The number of hydrogen-bond acceptors (Lipinski definition) is 4. The monoisotopic (exact) mass is 185 g/mol. The van der Waals surface area contributed by atoms with Crippen LogP contribution in [0.25, 0.3) is 0 Å². The number of aryl methyl sites for hydroxylation is 1. The molecule has 0 spiro atoms. The summed E-state index contributed by atoms with van der Waals surface area (Å²) >= 11 is 1.69. The molecule has 3 nitrogen and oxygen atoms in total. The van der Waals surface area contributed by atoms with Crippen molar-refractivity contribution in [3.63, 3.8) is 0 Å². The highest BCUT2D eigenvalue weighted by Gasteiger charge is 1.98. The standard InChI is InChI=1S/C8H15N3S/c1-6(9)3-10-4-8-11-7(2)5-12-8/h5-6,10H,3-4,9H2,1-2H3. The van der Waals surface area contributed by atoms with Crippen LogP contribution in [0.4, 0.5) is 0 Å². The van der Waals surface area contributed by atoms with Crippen molar-refractivity contribution in [1.29, 1.82) is 0 Å². The number of thiazole rings is 1. The summed E-state index contributed by atoms with van der Waals surface area (Å²) in [7, 11) is 0. The molecule has 68 valence electrons. The van der Waals surface area contributed by atoms with Gasteiger partial charge in [-0.2, -0.15) is 0 Å². The third-order valence-corrected chi connectivity index (χ3v) is 2.38. The molecule has 1 atom stereocenters. The van der Waals surface area contributed by atoms with Crippen molar-refractivity contribution in [1.82, 2.24) is 10.3 Å². The van der Waals surface area contributed by atoms with Crippen LogP contribution in [0.2, 0.25) is 0 Å². The number of nitrogens with two attached hydrogens (primary N) is 1. The number of aromatic nitrogens is 1. The van der Waals surface area contributed by atoms with Crippen LogP contribution in [0.15, 0.2) is 5.38 Å². The van der Waals surface area contributed by atoms with Crippen LogP contribution >= 0.6 is 11.3 Å². The minimum atomic E-state index is 0.214. The molecular weight excluding hydrogens is 170 g/mol. The Labute approximate surface area is 77.0 Å². The molecule has 0 aliphatic heterocycles. The Morgan fingerprint density at radius 2 is 2.50 bits per heavy atom. The van der Waals surface area contributed by atoms with E-state index in [0.29, 0.717) is 0 Å². The third kappa shape index (κ3) is 3.30. The summed E-state index contributed by atoms with van der Waals surface area (Å²) in [5, 5.41) is 6.43. The fraction of sp³-hybridized carbons (Fsp3) is 0.625. The van der Waals surface area contributed by atoms with Crippen LogP contribution in [0.1, 0.15) is 17.6 Å². The van der Waals surface area contributed by atoms with Crippen LogP contribution in [0.3, 0.4) is 0 Å². The SMILES string of the molecule is Cc1csc(CNCC(C)N)n1. The van der Waals surface area contributed by atoms with Gasteiger partial charge in [-0.1, -0.05) is 0 Å². The van der Waals surface area contributed by atoms with Crippen LogP contribution < -0.4 is 11.1 Å². The fourth-order valence-electron chi connectivity index (χ4n) is 0.891. The highest BCUT2D eigenvalue weighted by molar-refractivity contribution is 7.09. The molecule has 4 heteroatoms. The first-order valence-corrected chi connectivity index (χ1v) is 4.93. The zero-order valence-corrected chi connectivity index (χ0v) is 8.32. The minimum Gasteiger partial charge on any atom is -0.327 e. The highest BCUT2D eigenvalue weighted by atomic mass is 32.1. The van der Waals surface area contributed by atoms with Gasteiger partial charge in [-0.05, 0) is 13.8 Å². The van der Waals surface area contributed by atoms with Crippen molar-refractivity contribution in [2.24, 2.45) is 5.73 Å². The van der Waals surface area contributed by atoms with Gasteiger partial charge in [-0.3, -0.25) is 0 Å². The molecule has 0 aromatic carbocycles. The van der Waals surface area contributed by atoms with E-state index in [2.05, 4.69) is 15.7 Å². The highest BCUT2D eigenvalue weighted by Crippen LogP contribution is 2.07. The van der Waals surface area contributed by atoms with E-state index in [0.717, 1.165) is 23.8 Å². The summed E-state index contributed by atoms with van der Waals surface area (Å²) in [6, 6.07) is 0.214. The predicted octanol–water partition coefficient (Wildman–Crippen LogP) is 0.888. The Hall–Kier alpha value is -0.450. The molecule has 0 fully saturated rings. The molecule has 0 saturated carbocycles. The van der Waals surface area contributed by atoms with Gasteiger partial charge < -0.3 is 11.1 Å². The molecule has 1 aromatic heterocycles. The van der Waals surface area contributed by atoms with Gasteiger partial charge >= 0.3 is 0 Å². The molecule has 0 bridgehead atoms. The average molecular weight is 185 g/mol. The zero-order valence-electron chi connectivity index (χ0n) is 7.50. The van der Waals surface area contributed by atoms with Gasteiger partial charge in [0, 0.05) is 30.2 Å². The molecule has 1 rings (SSSR count). The molecule has 0 radical (unpaired) electrons. The molecule has 1 unspecified atom stereocenters. The molecule has 12 heavy (non-hydrogen) atoms.